The van der Waals surface area contributed by atoms with Crippen LogP contribution in [0.1, 0.15) is 36.4 Å². The summed E-state index contributed by atoms with van der Waals surface area (Å²) in [6, 6.07) is 16.8. The number of ether oxygens (including phenoxy) is 2. The van der Waals surface area contributed by atoms with E-state index in [-0.39, 0.29) is 17.7 Å². The van der Waals surface area contributed by atoms with E-state index in [1.54, 1.807) is 29.3 Å². The Bertz CT molecular complexity index is 1580. The second-order valence-corrected chi connectivity index (χ2v) is 9.86. The van der Waals surface area contributed by atoms with Crippen LogP contribution in [0, 0.1) is 5.82 Å². The molecule has 9 nitrogen and oxygen atoms in total. The molecule has 0 spiro atoms. The first kappa shape index (κ1) is 26.2. The number of nitrogens with zero attached hydrogens (tertiary/aromatic N) is 4. The molecule has 1 aliphatic carbocycles. The van der Waals surface area contributed by atoms with Crippen molar-refractivity contribution in [2.24, 2.45) is 0 Å². The van der Waals surface area contributed by atoms with Gasteiger partial charge in [-0.05, 0) is 78.9 Å². The van der Waals surface area contributed by atoms with Gasteiger partial charge in [0.2, 0.25) is 5.95 Å². The molecule has 10 heteroatoms. The van der Waals surface area contributed by atoms with Crippen molar-refractivity contribution >= 4 is 34.7 Å². The Hall–Kier alpha value is -4.99. The molecule has 2 aliphatic rings. The fourth-order valence-electron chi connectivity index (χ4n) is 4.85. The quantitative estimate of drug-likeness (QED) is 0.235. The van der Waals surface area contributed by atoms with Crippen LogP contribution < -0.4 is 25.0 Å². The highest BCUT2D eigenvalue weighted by atomic mass is 19.1. The van der Waals surface area contributed by atoms with Crippen molar-refractivity contribution in [1.29, 1.82) is 0 Å². The van der Waals surface area contributed by atoms with Gasteiger partial charge in [-0.1, -0.05) is 19.1 Å². The third-order valence-corrected chi connectivity index (χ3v) is 7.18. The number of carbonyl (C=O) groups excluding carboxylic acids is 1. The van der Waals surface area contributed by atoms with E-state index < -0.39 is 5.82 Å². The van der Waals surface area contributed by atoms with Crippen LogP contribution in [0.2, 0.25) is 0 Å². The van der Waals surface area contributed by atoms with E-state index in [0.717, 1.165) is 36.0 Å². The van der Waals surface area contributed by atoms with E-state index >= 15 is 0 Å². The first-order chi connectivity index (χ1) is 20.1. The lowest BCUT2D eigenvalue weighted by molar-refractivity contribution is -0.114. The van der Waals surface area contributed by atoms with Crippen molar-refractivity contribution in [3.63, 3.8) is 0 Å². The number of nitrogens with one attached hydrogen (secondary N) is 2. The van der Waals surface area contributed by atoms with Gasteiger partial charge in [-0.15, -0.1) is 0 Å². The molecule has 1 saturated carbocycles. The molecule has 6 rings (SSSR count). The Labute approximate surface area is 237 Å². The minimum Gasteiger partial charge on any atom is -0.490 e. The number of fused-ring (bicyclic) bond motifs is 1. The summed E-state index contributed by atoms with van der Waals surface area (Å²) >= 11 is 0. The number of pyridine rings is 1. The van der Waals surface area contributed by atoms with Crippen molar-refractivity contribution in [2.45, 2.75) is 31.8 Å². The number of aromatic nitrogens is 3. The van der Waals surface area contributed by atoms with Crippen LogP contribution >= 0.6 is 0 Å². The predicted molar refractivity (Wildman–Crippen MR) is 155 cm³/mol. The Morgan fingerprint density at radius 1 is 1.12 bits per heavy atom. The number of amides is 1. The van der Waals surface area contributed by atoms with Gasteiger partial charge in [0, 0.05) is 17.6 Å². The van der Waals surface area contributed by atoms with Gasteiger partial charge in [0.1, 0.15) is 24.7 Å². The van der Waals surface area contributed by atoms with Crippen LogP contribution in [-0.4, -0.2) is 34.0 Å². The van der Waals surface area contributed by atoms with Gasteiger partial charge in [-0.2, -0.15) is 4.98 Å². The number of halogens is 1. The molecule has 0 bridgehead atoms. The van der Waals surface area contributed by atoms with Crippen LogP contribution in [0.15, 0.2) is 79.6 Å². The van der Waals surface area contributed by atoms with Crippen molar-refractivity contribution < 1.29 is 18.7 Å². The summed E-state index contributed by atoms with van der Waals surface area (Å²) < 4.78 is 26.6. The zero-order valence-electron chi connectivity index (χ0n) is 22.3. The standard InChI is InChI=1S/C31H29FN6O3/c1-2-29(39)38-14-15-40-28-12-10-22(17-26(28)38)36-31-34-18-25(32)30(37-31)35-21-9-11-27(24(16-21)20-6-5-7-20)41-19-23-8-3-4-13-33-23/h2-4,8-13,16-18,20H,1,5-7,14-15,19H2,(H2,34,35,36,37). The first-order valence-corrected chi connectivity index (χ1v) is 13.5. The van der Waals surface area contributed by atoms with Gasteiger partial charge >= 0.3 is 0 Å². The molecule has 0 atom stereocenters. The molecule has 2 aromatic heterocycles. The maximum Gasteiger partial charge on any atom is 0.250 e. The minimum absolute atomic E-state index is 0.0361. The molecule has 2 N–H and O–H groups in total. The molecule has 1 amide bonds. The van der Waals surface area contributed by atoms with E-state index in [0.29, 0.717) is 48.5 Å². The molecular weight excluding hydrogens is 523 g/mol. The number of rotatable bonds is 9. The van der Waals surface area contributed by atoms with E-state index in [1.165, 1.54) is 12.5 Å². The smallest absolute Gasteiger partial charge is 0.250 e. The zero-order chi connectivity index (χ0) is 28.2. The van der Waals surface area contributed by atoms with Gasteiger partial charge in [-0.3, -0.25) is 9.78 Å². The lowest BCUT2D eigenvalue weighted by Gasteiger charge is -2.29. The molecule has 208 valence electrons. The lowest BCUT2D eigenvalue weighted by atomic mass is 9.79. The third-order valence-electron chi connectivity index (χ3n) is 7.18. The largest absolute Gasteiger partial charge is 0.490 e. The van der Waals surface area contributed by atoms with Crippen LogP contribution in [0.5, 0.6) is 11.5 Å². The Kier molecular flexibility index (Phi) is 7.44. The number of benzene rings is 2. The summed E-state index contributed by atoms with van der Waals surface area (Å²) in [4.78, 5) is 26.7. The van der Waals surface area contributed by atoms with Crippen LogP contribution in [0.25, 0.3) is 0 Å². The topological polar surface area (TPSA) is 102 Å². The van der Waals surface area contributed by atoms with E-state index in [4.69, 9.17) is 9.47 Å². The normalized spacial score (nSPS) is 14.3. The first-order valence-electron chi connectivity index (χ1n) is 13.5. The van der Waals surface area contributed by atoms with Crippen molar-refractivity contribution in [1.82, 2.24) is 15.0 Å². The fraction of sp³-hybridized carbons (Fsp3) is 0.226. The number of carbonyl (C=O) groups is 1. The zero-order valence-corrected chi connectivity index (χ0v) is 22.3. The van der Waals surface area contributed by atoms with Gasteiger partial charge in [0.25, 0.3) is 5.91 Å². The second kappa shape index (κ2) is 11.6. The summed E-state index contributed by atoms with van der Waals surface area (Å²) in [5.74, 6) is 1.22. The van der Waals surface area contributed by atoms with Gasteiger partial charge in [-0.25, -0.2) is 9.37 Å². The molecule has 41 heavy (non-hydrogen) atoms. The predicted octanol–water partition coefficient (Wildman–Crippen LogP) is 6.26. The lowest BCUT2D eigenvalue weighted by Crippen LogP contribution is -2.36. The Morgan fingerprint density at radius 3 is 2.76 bits per heavy atom. The van der Waals surface area contributed by atoms with Crippen molar-refractivity contribution in [3.05, 3.63) is 96.7 Å². The Morgan fingerprint density at radius 2 is 1.98 bits per heavy atom. The van der Waals surface area contributed by atoms with Crippen LogP contribution in [-0.2, 0) is 11.4 Å². The molecule has 0 saturated heterocycles. The summed E-state index contributed by atoms with van der Waals surface area (Å²) in [5, 5.41) is 6.20. The minimum atomic E-state index is -0.585. The average Bonchev–Trinajstić information content (AvgIpc) is 2.97. The second-order valence-electron chi connectivity index (χ2n) is 9.86. The van der Waals surface area contributed by atoms with E-state index in [9.17, 15) is 9.18 Å². The summed E-state index contributed by atoms with van der Waals surface area (Å²) in [6.45, 7) is 4.77. The molecule has 3 heterocycles. The molecule has 4 aromatic rings. The molecule has 0 unspecified atom stereocenters. The monoisotopic (exact) mass is 552 g/mol. The fourth-order valence-corrected chi connectivity index (χ4v) is 4.85. The highest BCUT2D eigenvalue weighted by molar-refractivity contribution is 6.02. The van der Waals surface area contributed by atoms with E-state index in [1.807, 2.05) is 36.4 Å². The van der Waals surface area contributed by atoms with Crippen LogP contribution in [0.4, 0.5) is 33.2 Å². The van der Waals surface area contributed by atoms with E-state index in [2.05, 4.69) is 32.2 Å². The maximum absolute atomic E-state index is 14.8. The average molecular weight is 553 g/mol. The molecule has 2 aromatic carbocycles. The van der Waals surface area contributed by atoms with Gasteiger partial charge < -0.3 is 25.0 Å². The molecular formula is C31H29FN6O3. The highest BCUT2D eigenvalue weighted by Gasteiger charge is 2.25. The third kappa shape index (κ3) is 5.81. The maximum atomic E-state index is 14.8. The summed E-state index contributed by atoms with van der Waals surface area (Å²) in [6.07, 6.45) is 7.47. The number of anilines is 5. The summed E-state index contributed by atoms with van der Waals surface area (Å²) in [7, 11) is 0. The Balaban J connectivity index is 1.21. The molecule has 1 aliphatic heterocycles. The summed E-state index contributed by atoms with van der Waals surface area (Å²) in [5.41, 5.74) is 3.87. The molecule has 0 radical (unpaired) electrons. The van der Waals surface area contributed by atoms with Crippen molar-refractivity contribution in [2.75, 3.05) is 28.7 Å². The SMILES string of the molecule is C=CC(=O)N1CCOc2ccc(Nc3ncc(F)c(Nc4ccc(OCc5ccccn5)c(C5CCC5)c4)n3)cc21. The highest BCUT2D eigenvalue weighted by Crippen LogP contribution is 2.42. The number of hydrogen-bond acceptors (Lipinski definition) is 8. The number of hydrogen-bond donors (Lipinski definition) is 2. The van der Waals surface area contributed by atoms with Crippen LogP contribution in [0.3, 0.4) is 0 Å². The van der Waals surface area contributed by atoms with Gasteiger partial charge in [0.15, 0.2) is 11.6 Å². The molecule has 1 fully saturated rings. The van der Waals surface area contributed by atoms with Crippen molar-refractivity contribution in [3.8, 4) is 11.5 Å². The van der Waals surface area contributed by atoms with Gasteiger partial charge in [0.05, 0.1) is 24.1 Å².